The Morgan fingerprint density at radius 3 is 2.76 bits per heavy atom. The Bertz CT molecular complexity index is 392. The minimum absolute atomic E-state index is 0.206. The number of hydrogen-bond acceptors (Lipinski definition) is 5. The van der Waals surface area contributed by atoms with Gasteiger partial charge in [0.2, 0.25) is 0 Å². The molecule has 3 atom stereocenters. The number of nitrogens with one attached hydrogen (secondary N) is 1. The van der Waals surface area contributed by atoms with Crippen LogP contribution >= 0.6 is 0 Å². The molecule has 0 amide bonds. The molecule has 2 aliphatic heterocycles. The van der Waals surface area contributed by atoms with Crippen molar-refractivity contribution in [3.8, 4) is 0 Å². The molecule has 0 saturated carbocycles. The second kappa shape index (κ2) is 4.94. The zero-order valence-electron chi connectivity index (χ0n) is 10.0. The summed E-state index contributed by atoms with van der Waals surface area (Å²) in [7, 11) is -1.39. The first-order valence-corrected chi connectivity index (χ1v) is 7.84. The van der Waals surface area contributed by atoms with E-state index in [1.807, 2.05) is 0 Å². The van der Waals surface area contributed by atoms with E-state index in [-0.39, 0.29) is 17.9 Å². The van der Waals surface area contributed by atoms with Crippen molar-refractivity contribution in [2.75, 3.05) is 25.2 Å². The molecule has 0 aliphatic carbocycles. The summed E-state index contributed by atoms with van der Waals surface area (Å²) in [4.78, 5) is 11.3. The largest absolute Gasteiger partial charge is 0.468 e. The maximum Gasteiger partial charge on any atom is 0.322 e. The summed E-state index contributed by atoms with van der Waals surface area (Å²) in [6, 6.07) is -0.206. The summed E-state index contributed by atoms with van der Waals surface area (Å²) < 4.78 is 27.4. The van der Waals surface area contributed by atoms with Gasteiger partial charge in [0.05, 0.1) is 18.6 Å². The third-order valence-electron chi connectivity index (χ3n) is 3.70. The number of rotatable bonds is 3. The minimum atomic E-state index is -2.78. The Balaban J connectivity index is 1.81. The van der Waals surface area contributed by atoms with Crippen LogP contribution in [0.5, 0.6) is 0 Å². The van der Waals surface area contributed by atoms with Gasteiger partial charge in [-0.1, -0.05) is 0 Å². The number of ether oxygens (including phenoxy) is 1. The SMILES string of the molecule is COC(=O)C1CC(CC2CCS(=O)(=O)C2)CN1. The first kappa shape index (κ1) is 12.8. The molecule has 0 bridgehead atoms. The lowest BCUT2D eigenvalue weighted by Gasteiger charge is -2.13. The summed E-state index contributed by atoms with van der Waals surface area (Å²) in [5.41, 5.74) is 0. The normalized spacial score (nSPS) is 35.9. The van der Waals surface area contributed by atoms with Crippen molar-refractivity contribution in [2.45, 2.75) is 25.3 Å². The molecule has 2 fully saturated rings. The van der Waals surface area contributed by atoms with Crippen LogP contribution in [-0.4, -0.2) is 45.6 Å². The van der Waals surface area contributed by atoms with Gasteiger partial charge in [0, 0.05) is 0 Å². The molecule has 1 N–H and O–H groups in total. The molecule has 0 aromatic heterocycles. The smallest absolute Gasteiger partial charge is 0.322 e. The van der Waals surface area contributed by atoms with Crippen LogP contribution in [0.25, 0.3) is 0 Å². The van der Waals surface area contributed by atoms with Crippen molar-refractivity contribution in [1.29, 1.82) is 0 Å². The van der Waals surface area contributed by atoms with Gasteiger partial charge in [-0.05, 0) is 37.6 Å². The summed E-state index contributed by atoms with van der Waals surface area (Å²) in [6.45, 7) is 0.788. The highest BCUT2D eigenvalue weighted by Gasteiger charge is 2.34. The van der Waals surface area contributed by atoms with Crippen molar-refractivity contribution in [1.82, 2.24) is 5.32 Å². The van der Waals surface area contributed by atoms with E-state index in [1.165, 1.54) is 7.11 Å². The van der Waals surface area contributed by atoms with E-state index in [9.17, 15) is 13.2 Å². The lowest BCUT2D eigenvalue weighted by Crippen LogP contribution is -2.31. The first-order chi connectivity index (χ1) is 8.00. The third-order valence-corrected chi connectivity index (χ3v) is 5.54. The average Bonchev–Trinajstić information content (AvgIpc) is 2.85. The summed E-state index contributed by atoms with van der Waals surface area (Å²) in [5.74, 6) is 1.12. The van der Waals surface area contributed by atoms with Gasteiger partial charge in [0.25, 0.3) is 0 Å². The number of hydrogen-bond donors (Lipinski definition) is 1. The molecule has 17 heavy (non-hydrogen) atoms. The minimum Gasteiger partial charge on any atom is -0.468 e. The first-order valence-electron chi connectivity index (χ1n) is 6.02. The standard InChI is InChI=1S/C11H19NO4S/c1-16-11(13)10-5-9(6-12-10)4-8-2-3-17(14,15)7-8/h8-10,12H,2-7H2,1H3. The molecule has 2 heterocycles. The molecule has 2 saturated heterocycles. The van der Waals surface area contributed by atoms with Gasteiger partial charge in [0.15, 0.2) is 9.84 Å². The Hall–Kier alpha value is -0.620. The van der Waals surface area contributed by atoms with Crippen molar-refractivity contribution >= 4 is 15.8 Å². The van der Waals surface area contributed by atoms with Crippen molar-refractivity contribution in [3.63, 3.8) is 0 Å². The van der Waals surface area contributed by atoms with E-state index in [4.69, 9.17) is 0 Å². The Morgan fingerprint density at radius 2 is 2.18 bits per heavy atom. The second-order valence-electron chi connectivity index (χ2n) is 5.09. The van der Waals surface area contributed by atoms with Crippen molar-refractivity contribution in [3.05, 3.63) is 0 Å². The molecule has 6 heteroatoms. The fourth-order valence-electron chi connectivity index (χ4n) is 2.84. The van der Waals surface area contributed by atoms with Gasteiger partial charge in [-0.25, -0.2) is 8.42 Å². The predicted octanol–water partition coefficient (Wildman–Crippen LogP) is -0.0377. The molecule has 5 nitrogen and oxygen atoms in total. The predicted molar refractivity (Wildman–Crippen MR) is 63.3 cm³/mol. The highest BCUT2D eigenvalue weighted by molar-refractivity contribution is 7.91. The summed E-state index contributed by atoms with van der Waals surface area (Å²) >= 11 is 0. The average molecular weight is 261 g/mol. The van der Waals surface area contributed by atoms with E-state index >= 15 is 0 Å². The van der Waals surface area contributed by atoms with Gasteiger partial charge in [0.1, 0.15) is 6.04 Å². The van der Waals surface area contributed by atoms with Gasteiger partial charge in [-0.3, -0.25) is 4.79 Å². The fourth-order valence-corrected chi connectivity index (χ4v) is 4.72. The summed E-state index contributed by atoms with van der Waals surface area (Å²) in [6.07, 6.45) is 2.45. The molecule has 0 aromatic carbocycles. The monoisotopic (exact) mass is 261 g/mol. The fraction of sp³-hybridized carbons (Fsp3) is 0.909. The molecule has 98 valence electrons. The molecule has 0 aromatic rings. The van der Waals surface area contributed by atoms with Crippen LogP contribution in [0.4, 0.5) is 0 Å². The van der Waals surface area contributed by atoms with E-state index in [1.54, 1.807) is 0 Å². The zero-order valence-corrected chi connectivity index (χ0v) is 10.8. The number of sulfone groups is 1. The lowest BCUT2D eigenvalue weighted by molar-refractivity contribution is -0.142. The van der Waals surface area contributed by atoms with Crippen LogP contribution < -0.4 is 5.32 Å². The van der Waals surface area contributed by atoms with Crippen molar-refractivity contribution in [2.24, 2.45) is 11.8 Å². The van der Waals surface area contributed by atoms with Crippen LogP contribution in [0.3, 0.4) is 0 Å². The van der Waals surface area contributed by atoms with E-state index in [0.29, 0.717) is 17.4 Å². The lowest BCUT2D eigenvalue weighted by atomic mass is 9.92. The van der Waals surface area contributed by atoms with Gasteiger partial charge >= 0.3 is 5.97 Å². The molecule has 0 radical (unpaired) electrons. The maximum absolute atomic E-state index is 11.3. The van der Waals surface area contributed by atoms with E-state index in [0.717, 1.165) is 25.8 Å². The molecule has 2 aliphatic rings. The zero-order chi connectivity index (χ0) is 12.5. The van der Waals surface area contributed by atoms with Crippen LogP contribution in [-0.2, 0) is 19.4 Å². The van der Waals surface area contributed by atoms with Crippen LogP contribution in [0.15, 0.2) is 0 Å². The topological polar surface area (TPSA) is 72.5 Å². The number of carbonyl (C=O) groups excluding carboxylic acids is 1. The van der Waals surface area contributed by atoms with Crippen LogP contribution in [0.1, 0.15) is 19.3 Å². The highest BCUT2D eigenvalue weighted by Crippen LogP contribution is 2.29. The van der Waals surface area contributed by atoms with E-state index in [2.05, 4.69) is 10.1 Å². The Labute approximate surface area is 102 Å². The summed E-state index contributed by atoms with van der Waals surface area (Å²) in [5, 5.41) is 3.13. The van der Waals surface area contributed by atoms with Gasteiger partial charge < -0.3 is 10.1 Å². The number of methoxy groups -OCH3 is 1. The van der Waals surface area contributed by atoms with Gasteiger partial charge in [-0.2, -0.15) is 0 Å². The molecular weight excluding hydrogens is 242 g/mol. The van der Waals surface area contributed by atoms with Crippen LogP contribution in [0, 0.1) is 11.8 Å². The third kappa shape index (κ3) is 3.19. The van der Waals surface area contributed by atoms with Crippen molar-refractivity contribution < 1.29 is 17.9 Å². The second-order valence-corrected chi connectivity index (χ2v) is 7.32. The quantitative estimate of drug-likeness (QED) is 0.722. The molecular formula is C11H19NO4S. The number of esters is 1. The number of carbonyl (C=O) groups is 1. The maximum atomic E-state index is 11.3. The van der Waals surface area contributed by atoms with Gasteiger partial charge in [-0.15, -0.1) is 0 Å². The van der Waals surface area contributed by atoms with Crippen LogP contribution in [0.2, 0.25) is 0 Å². The van der Waals surface area contributed by atoms with E-state index < -0.39 is 9.84 Å². The highest BCUT2D eigenvalue weighted by atomic mass is 32.2. The molecule has 2 rings (SSSR count). The molecule has 3 unspecified atom stereocenters. The molecule has 0 spiro atoms. The Kier molecular flexibility index (Phi) is 3.73. The Morgan fingerprint density at radius 1 is 1.41 bits per heavy atom.